The van der Waals surface area contributed by atoms with Gasteiger partial charge in [-0.3, -0.25) is 0 Å². The van der Waals surface area contributed by atoms with Crippen LogP contribution in [0.25, 0.3) is 0 Å². The minimum Gasteiger partial charge on any atom is -0.384 e. The molecule has 116 valence electrons. The maximum atomic E-state index is 5.88. The van der Waals surface area contributed by atoms with Gasteiger partial charge >= 0.3 is 0 Å². The zero-order valence-electron chi connectivity index (χ0n) is 13.4. The third-order valence-corrected chi connectivity index (χ3v) is 3.20. The van der Waals surface area contributed by atoms with Crippen LogP contribution in [0.4, 0.5) is 0 Å². The second-order valence-electron chi connectivity index (χ2n) is 5.30. The minimum absolute atomic E-state index is 0.208. The first-order chi connectivity index (χ1) is 9.14. The number of methoxy groups -OCH3 is 2. The third-order valence-electron chi connectivity index (χ3n) is 3.20. The van der Waals surface area contributed by atoms with Gasteiger partial charge in [-0.1, -0.05) is 20.3 Å². The molecule has 4 nitrogen and oxygen atoms in total. The summed E-state index contributed by atoms with van der Waals surface area (Å²) in [7, 11) is 3.42. The van der Waals surface area contributed by atoms with Crippen molar-refractivity contribution in [1.29, 1.82) is 0 Å². The zero-order chi connectivity index (χ0) is 14.6. The second-order valence-corrected chi connectivity index (χ2v) is 5.30. The van der Waals surface area contributed by atoms with Crippen molar-refractivity contribution in [2.75, 3.05) is 47.3 Å². The lowest BCUT2D eigenvalue weighted by molar-refractivity contribution is -0.106. The largest absolute Gasteiger partial charge is 0.384 e. The summed E-state index contributed by atoms with van der Waals surface area (Å²) in [6, 6.07) is 0. The Kier molecular flexibility index (Phi) is 11.6. The van der Waals surface area contributed by atoms with E-state index in [-0.39, 0.29) is 11.5 Å². The van der Waals surface area contributed by atoms with Crippen LogP contribution in [0.2, 0.25) is 0 Å². The van der Waals surface area contributed by atoms with E-state index in [1.807, 2.05) is 0 Å². The molecule has 0 aliphatic rings. The molecule has 0 aromatic rings. The average molecular weight is 276 g/mol. The van der Waals surface area contributed by atoms with Gasteiger partial charge in [-0.25, -0.2) is 0 Å². The predicted octanol–water partition coefficient (Wildman–Crippen LogP) is 2.90. The summed E-state index contributed by atoms with van der Waals surface area (Å²) >= 11 is 0. The monoisotopic (exact) mass is 276 g/mol. The first-order valence-corrected chi connectivity index (χ1v) is 7.31. The van der Waals surface area contributed by atoms with Crippen LogP contribution in [0, 0.1) is 5.41 Å². The van der Waals surface area contributed by atoms with E-state index in [0.29, 0.717) is 26.4 Å². The summed E-state index contributed by atoms with van der Waals surface area (Å²) < 4.78 is 22.3. The van der Waals surface area contributed by atoms with E-state index in [4.69, 9.17) is 18.9 Å². The lowest BCUT2D eigenvalue weighted by atomic mass is 9.92. The Morgan fingerprint density at radius 1 is 0.947 bits per heavy atom. The van der Waals surface area contributed by atoms with Gasteiger partial charge in [-0.05, 0) is 19.8 Å². The number of rotatable bonds is 13. The molecular weight excluding hydrogens is 244 g/mol. The van der Waals surface area contributed by atoms with Crippen molar-refractivity contribution in [3.8, 4) is 0 Å². The maximum absolute atomic E-state index is 5.88. The highest BCUT2D eigenvalue weighted by atomic mass is 16.5. The molecule has 1 unspecified atom stereocenters. The molecule has 0 aromatic carbocycles. The molecule has 0 radical (unpaired) electrons. The first kappa shape index (κ1) is 18.8. The van der Waals surface area contributed by atoms with E-state index in [1.165, 1.54) is 0 Å². The van der Waals surface area contributed by atoms with E-state index < -0.39 is 0 Å². The standard InChI is InChI=1S/C15H32O4/c1-6-8-9-18-12-15(10-16-4,11-17-5)13-19-14(3)7-2/h14H,6-13H2,1-5H3. The van der Waals surface area contributed by atoms with Gasteiger partial charge in [0.1, 0.15) is 0 Å². The quantitative estimate of drug-likeness (QED) is 0.485. The van der Waals surface area contributed by atoms with Crippen molar-refractivity contribution >= 4 is 0 Å². The van der Waals surface area contributed by atoms with Crippen LogP contribution in [-0.2, 0) is 18.9 Å². The highest BCUT2D eigenvalue weighted by molar-refractivity contribution is 4.79. The normalized spacial score (nSPS) is 13.7. The summed E-state index contributed by atoms with van der Waals surface area (Å²) in [5.41, 5.74) is -0.208. The molecule has 0 aromatic heterocycles. The fourth-order valence-electron chi connectivity index (χ4n) is 1.83. The van der Waals surface area contributed by atoms with Crippen LogP contribution in [0.3, 0.4) is 0 Å². The van der Waals surface area contributed by atoms with E-state index in [2.05, 4.69) is 20.8 Å². The first-order valence-electron chi connectivity index (χ1n) is 7.31. The van der Waals surface area contributed by atoms with Gasteiger partial charge in [-0.2, -0.15) is 0 Å². The van der Waals surface area contributed by atoms with Gasteiger partial charge in [0.2, 0.25) is 0 Å². The molecule has 4 heteroatoms. The molecule has 0 saturated carbocycles. The van der Waals surface area contributed by atoms with Gasteiger partial charge in [0.25, 0.3) is 0 Å². The van der Waals surface area contributed by atoms with E-state index >= 15 is 0 Å². The summed E-state index contributed by atoms with van der Waals surface area (Å²) in [6.07, 6.45) is 3.49. The minimum atomic E-state index is -0.208. The van der Waals surface area contributed by atoms with Gasteiger partial charge in [-0.15, -0.1) is 0 Å². The maximum Gasteiger partial charge on any atom is 0.0637 e. The molecule has 0 aliphatic carbocycles. The molecule has 0 aliphatic heterocycles. The second kappa shape index (κ2) is 11.6. The zero-order valence-corrected chi connectivity index (χ0v) is 13.4. The average Bonchev–Trinajstić information content (AvgIpc) is 2.41. The summed E-state index contributed by atoms with van der Waals surface area (Å²) in [6.45, 7) is 9.55. The Morgan fingerprint density at radius 3 is 2.05 bits per heavy atom. The van der Waals surface area contributed by atoms with Crippen LogP contribution in [-0.4, -0.2) is 53.4 Å². The highest BCUT2D eigenvalue weighted by Crippen LogP contribution is 2.21. The molecule has 0 saturated heterocycles. The van der Waals surface area contributed by atoms with Gasteiger partial charge < -0.3 is 18.9 Å². The van der Waals surface area contributed by atoms with Gasteiger partial charge in [0.05, 0.1) is 37.9 Å². The molecule has 1 atom stereocenters. The summed E-state index contributed by atoms with van der Waals surface area (Å²) in [5, 5.41) is 0. The SMILES string of the molecule is CCCCOCC(COC)(COC)COC(C)CC. The molecule has 0 heterocycles. The Morgan fingerprint density at radius 2 is 1.58 bits per heavy atom. The fourth-order valence-corrected chi connectivity index (χ4v) is 1.83. The van der Waals surface area contributed by atoms with E-state index in [0.717, 1.165) is 25.9 Å². The third kappa shape index (κ3) is 8.58. The van der Waals surface area contributed by atoms with Crippen LogP contribution >= 0.6 is 0 Å². The molecule has 0 N–H and O–H groups in total. The number of hydrogen-bond acceptors (Lipinski definition) is 4. The lowest BCUT2D eigenvalue weighted by Crippen LogP contribution is -2.42. The van der Waals surface area contributed by atoms with E-state index in [1.54, 1.807) is 14.2 Å². The Bertz CT molecular complexity index is 191. The Hall–Kier alpha value is -0.160. The molecule has 19 heavy (non-hydrogen) atoms. The lowest BCUT2D eigenvalue weighted by Gasteiger charge is -2.33. The fraction of sp³-hybridized carbons (Fsp3) is 1.00. The topological polar surface area (TPSA) is 36.9 Å². The molecular formula is C15H32O4. The predicted molar refractivity (Wildman–Crippen MR) is 77.6 cm³/mol. The number of ether oxygens (including phenoxy) is 4. The molecule has 0 spiro atoms. The summed E-state index contributed by atoms with van der Waals surface area (Å²) in [4.78, 5) is 0. The summed E-state index contributed by atoms with van der Waals surface area (Å²) in [5.74, 6) is 0. The molecule has 0 fully saturated rings. The van der Waals surface area contributed by atoms with Crippen molar-refractivity contribution in [3.63, 3.8) is 0 Å². The Labute approximate surface area is 118 Å². The smallest absolute Gasteiger partial charge is 0.0637 e. The van der Waals surface area contributed by atoms with Crippen molar-refractivity contribution in [1.82, 2.24) is 0 Å². The van der Waals surface area contributed by atoms with Gasteiger partial charge in [0.15, 0.2) is 0 Å². The van der Waals surface area contributed by atoms with Crippen LogP contribution < -0.4 is 0 Å². The van der Waals surface area contributed by atoms with Crippen LogP contribution in [0.5, 0.6) is 0 Å². The van der Waals surface area contributed by atoms with E-state index in [9.17, 15) is 0 Å². The van der Waals surface area contributed by atoms with Crippen molar-refractivity contribution in [2.24, 2.45) is 5.41 Å². The van der Waals surface area contributed by atoms with Crippen LogP contribution in [0.1, 0.15) is 40.0 Å². The highest BCUT2D eigenvalue weighted by Gasteiger charge is 2.32. The van der Waals surface area contributed by atoms with Crippen LogP contribution in [0.15, 0.2) is 0 Å². The Balaban J connectivity index is 4.38. The number of unbranched alkanes of at least 4 members (excludes halogenated alkanes) is 1. The van der Waals surface area contributed by atoms with Crippen molar-refractivity contribution < 1.29 is 18.9 Å². The molecule has 0 rings (SSSR count). The van der Waals surface area contributed by atoms with Gasteiger partial charge in [0, 0.05) is 20.8 Å². The van der Waals surface area contributed by atoms with Crippen molar-refractivity contribution in [2.45, 2.75) is 46.1 Å². The van der Waals surface area contributed by atoms with Crippen molar-refractivity contribution in [3.05, 3.63) is 0 Å². The number of hydrogen-bond donors (Lipinski definition) is 0. The molecule has 0 bridgehead atoms. The molecule has 0 amide bonds.